The van der Waals surface area contributed by atoms with E-state index < -0.39 is 6.10 Å². The average Bonchev–Trinajstić information content (AvgIpc) is 2.77. The van der Waals surface area contributed by atoms with Crippen LogP contribution in [0.1, 0.15) is 12.5 Å². The van der Waals surface area contributed by atoms with Gasteiger partial charge >= 0.3 is 0 Å². The van der Waals surface area contributed by atoms with Gasteiger partial charge in [-0.3, -0.25) is 0 Å². The van der Waals surface area contributed by atoms with Crippen molar-refractivity contribution in [2.45, 2.75) is 26.5 Å². The number of aliphatic hydroxyl groups excluding tert-OH is 1. The van der Waals surface area contributed by atoms with Gasteiger partial charge in [0.15, 0.2) is 0 Å². The minimum atomic E-state index is -0.442. The molecule has 0 aliphatic carbocycles. The van der Waals surface area contributed by atoms with E-state index >= 15 is 0 Å². The number of aryl methyl sites for hydroxylation is 1. The van der Waals surface area contributed by atoms with Crippen molar-refractivity contribution in [2.24, 2.45) is 0 Å². The molecule has 1 aromatic heterocycles. The Labute approximate surface area is 128 Å². The van der Waals surface area contributed by atoms with Crippen molar-refractivity contribution < 1.29 is 5.11 Å². The van der Waals surface area contributed by atoms with Crippen LogP contribution in [-0.4, -0.2) is 20.8 Å². The molecule has 4 heteroatoms. The zero-order valence-corrected chi connectivity index (χ0v) is 12.8. The highest BCUT2D eigenvalue weighted by atomic mass is 35.5. The Bertz CT molecular complexity index is 775. The number of hydrogen-bond acceptors (Lipinski definition) is 2. The lowest BCUT2D eigenvalue weighted by Crippen LogP contribution is -2.12. The van der Waals surface area contributed by atoms with Crippen LogP contribution in [0.25, 0.3) is 22.4 Å². The molecule has 0 saturated heterocycles. The van der Waals surface area contributed by atoms with Gasteiger partial charge in [0.1, 0.15) is 5.82 Å². The van der Waals surface area contributed by atoms with Gasteiger partial charge in [-0.25, -0.2) is 4.98 Å². The minimum Gasteiger partial charge on any atom is -0.392 e. The van der Waals surface area contributed by atoms with Gasteiger partial charge in [-0.05, 0) is 32.0 Å². The summed E-state index contributed by atoms with van der Waals surface area (Å²) in [5.41, 5.74) is 4.07. The smallest absolute Gasteiger partial charge is 0.141 e. The largest absolute Gasteiger partial charge is 0.392 e. The summed E-state index contributed by atoms with van der Waals surface area (Å²) in [6.45, 7) is 4.34. The summed E-state index contributed by atoms with van der Waals surface area (Å²) < 4.78 is 2.04. The monoisotopic (exact) mass is 300 g/mol. The van der Waals surface area contributed by atoms with E-state index in [-0.39, 0.29) is 0 Å². The quantitative estimate of drug-likeness (QED) is 0.792. The van der Waals surface area contributed by atoms with Crippen LogP contribution in [0.5, 0.6) is 0 Å². The van der Waals surface area contributed by atoms with Gasteiger partial charge in [-0.1, -0.05) is 41.4 Å². The summed E-state index contributed by atoms with van der Waals surface area (Å²) in [4.78, 5) is 4.69. The van der Waals surface area contributed by atoms with Crippen LogP contribution in [0.4, 0.5) is 0 Å². The fourth-order valence-corrected chi connectivity index (χ4v) is 2.64. The molecule has 1 unspecified atom stereocenters. The van der Waals surface area contributed by atoms with E-state index in [2.05, 4.69) is 31.2 Å². The fraction of sp³-hybridized carbons (Fsp3) is 0.235. The van der Waals surface area contributed by atoms with Crippen LogP contribution in [0.15, 0.2) is 42.5 Å². The lowest BCUT2D eigenvalue weighted by Gasteiger charge is -2.11. The lowest BCUT2D eigenvalue weighted by molar-refractivity contribution is 0.175. The van der Waals surface area contributed by atoms with E-state index in [1.807, 2.05) is 22.8 Å². The number of aliphatic hydroxyl groups is 1. The van der Waals surface area contributed by atoms with Crippen LogP contribution >= 0.6 is 11.6 Å². The standard InChI is InChI=1S/C17H17ClN2O/c1-11-3-5-13(6-4-11)17-19-15-9-14(18)7-8-16(15)20(17)10-12(2)21/h3-9,12,21H,10H2,1-2H3. The van der Waals surface area contributed by atoms with E-state index in [0.29, 0.717) is 11.6 Å². The van der Waals surface area contributed by atoms with Gasteiger partial charge in [-0.2, -0.15) is 0 Å². The molecule has 1 heterocycles. The Balaban J connectivity index is 2.22. The molecule has 108 valence electrons. The van der Waals surface area contributed by atoms with Crippen molar-refractivity contribution in [3.05, 3.63) is 53.1 Å². The molecular formula is C17H17ClN2O. The summed E-state index contributed by atoms with van der Waals surface area (Å²) in [6, 6.07) is 13.9. The summed E-state index contributed by atoms with van der Waals surface area (Å²) in [6.07, 6.45) is -0.442. The third-order valence-electron chi connectivity index (χ3n) is 3.47. The first-order valence-corrected chi connectivity index (χ1v) is 7.33. The molecule has 3 aromatic rings. The fourth-order valence-electron chi connectivity index (χ4n) is 2.47. The predicted molar refractivity (Wildman–Crippen MR) is 86.6 cm³/mol. The van der Waals surface area contributed by atoms with Crippen molar-refractivity contribution in [2.75, 3.05) is 0 Å². The van der Waals surface area contributed by atoms with Crippen molar-refractivity contribution in [3.63, 3.8) is 0 Å². The van der Waals surface area contributed by atoms with Gasteiger partial charge in [0, 0.05) is 10.6 Å². The molecule has 0 saturated carbocycles. The summed E-state index contributed by atoms with van der Waals surface area (Å²) in [7, 11) is 0. The first-order valence-electron chi connectivity index (χ1n) is 6.95. The zero-order valence-electron chi connectivity index (χ0n) is 12.0. The molecule has 0 radical (unpaired) electrons. The Morgan fingerprint density at radius 1 is 1.19 bits per heavy atom. The van der Waals surface area contributed by atoms with E-state index in [4.69, 9.17) is 16.6 Å². The Kier molecular flexibility index (Phi) is 3.70. The van der Waals surface area contributed by atoms with E-state index in [0.717, 1.165) is 22.4 Å². The third-order valence-corrected chi connectivity index (χ3v) is 3.70. The van der Waals surface area contributed by atoms with E-state index in [1.165, 1.54) is 5.56 Å². The topological polar surface area (TPSA) is 38.0 Å². The van der Waals surface area contributed by atoms with Crippen LogP contribution < -0.4 is 0 Å². The molecule has 1 atom stereocenters. The van der Waals surface area contributed by atoms with Crippen LogP contribution in [0.3, 0.4) is 0 Å². The second-order valence-electron chi connectivity index (χ2n) is 5.39. The predicted octanol–water partition coefficient (Wildman–Crippen LogP) is 4.05. The molecule has 3 nitrogen and oxygen atoms in total. The highest BCUT2D eigenvalue weighted by Gasteiger charge is 2.14. The van der Waals surface area contributed by atoms with Crippen molar-refractivity contribution in [3.8, 4) is 11.4 Å². The molecule has 2 aromatic carbocycles. The van der Waals surface area contributed by atoms with Gasteiger partial charge in [0.05, 0.1) is 23.7 Å². The van der Waals surface area contributed by atoms with Gasteiger partial charge in [0.25, 0.3) is 0 Å². The molecule has 0 fully saturated rings. The third kappa shape index (κ3) is 2.80. The number of halogens is 1. The molecule has 21 heavy (non-hydrogen) atoms. The molecular weight excluding hydrogens is 284 g/mol. The molecule has 0 amide bonds. The molecule has 0 spiro atoms. The van der Waals surface area contributed by atoms with E-state index in [9.17, 15) is 5.11 Å². The van der Waals surface area contributed by atoms with Crippen molar-refractivity contribution in [1.82, 2.24) is 9.55 Å². The SMILES string of the molecule is Cc1ccc(-c2nc3cc(Cl)ccc3n2CC(C)O)cc1. The van der Waals surface area contributed by atoms with Crippen LogP contribution in [0, 0.1) is 6.92 Å². The first kappa shape index (κ1) is 14.1. The maximum Gasteiger partial charge on any atom is 0.141 e. The number of hydrogen-bond donors (Lipinski definition) is 1. The Morgan fingerprint density at radius 2 is 1.90 bits per heavy atom. The summed E-state index contributed by atoms with van der Waals surface area (Å²) in [5, 5.41) is 10.4. The van der Waals surface area contributed by atoms with Crippen LogP contribution in [-0.2, 0) is 6.54 Å². The number of aromatic nitrogens is 2. The van der Waals surface area contributed by atoms with Crippen molar-refractivity contribution >= 4 is 22.6 Å². The highest BCUT2D eigenvalue weighted by Crippen LogP contribution is 2.27. The molecule has 0 bridgehead atoms. The first-order chi connectivity index (χ1) is 10.0. The van der Waals surface area contributed by atoms with Gasteiger partial charge < -0.3 is 9.67 Å². The molecule has 1 N–H and O–H groups in total. The molecule has 3 rings (SSSR count). The molecule has 0 aliphatic rings. The van der Waals surface area contributed by atoms with Crippen LogP contribution in [0.2, 0.25) is 5.02 Å². The number of benzene rings is 2. The maximum absolute atomic E-state index is 9.78. The van der Waals surface area contributed by atoms with E-state index in [1.54, 1.807) is 6.92 Å². The normalized spacial score (nSPS) is 12.8. The lowest BCUT2D eigenvalue weighted by atomic mass is 10.1. The van der Waals surface area contributed by atoms with Crippen molar-refractivity contribution in [1.29, 1.82) is 0 Å². The number of imidazole rings is 1. The number of nitrogens with zero attached hydrogens (tertiary/aromatic N) is 2. The van der Waals surface area contributed by atoms with Gasteiger partial charge in [0.2, 0.25) is 0 Å². The second-order valence-corrected chi connectivity index (χ2v) is 5.83. The second kappa shape index (κ2) is 5.51. The highest BCUT2D eigenvalue weighted by molar-refractivity contribution is 6.31. The number of rotatable bonds is 3. The number of fused-ring (bicyclic) bond motifs is 1. The summed E-state index contributed by atoms with van der Waals surface area (Å²) >= 11 is 6.05. The van der Waals surface area contributed by atoms with Gasteiger partial charge in [-0.15, -0.1) is 0 Å². The average molecular weight is 301 g/mol. The summed E-state index contributed by atoms with van der Waals surface area (Å²) in [5.74, 6) is 0.855. The maximum atomic E-state index is 9.78. The molecule has 0 aliphatic heterocycles. The minimum absolute atomic E-state index is 0.442. The zero-order chi connectivity index (χ0) is 15.0. The Morgan fingerprint density at radius 3 is 2.57 bits per heavy atom. The Hall–Kier alpha value is -1.84.